The molecule has 0 aliphatic heterocycles. The minimum atomic E-state index is 0.125. The zero-order valence-corrected chi connectivity index (χ0v) is 13.3. The summed E-state index contributed by atoms with van der Waals surface area (Å²) in [5.41, 5.74) is 2.57. The maximum atomic E-state index is 6.19. The second-order valence-corrected chi connectivity index (χ2v) is 6.47. The molecule has 2 aromatic carbocycles. The fourth-order valence-electron chi connectivity index (χ4n) is 2.24. The molecule has 0 saturated carbocycles. The summed E-state index contributed by atoms with van der Waals surface area (Å²) in [4.78, 5) is 0. The highest BCUT2D eigenvalue weighted by atomic mass is 16.5. The van der Waals surface area contributed by atoms with Crippen LogP contribution in [0.3, 0.4) is 0 Å². The first-order chi connectivity index (χ1) is 10.0. The number of rotatable bonds is 7. The maximum Gasteiger partial charge on any atom is 0.102 e. The standard InChI is InChI=1S/C19H26NO/c1-20(2,3)14-15-21-19(18-12-8-5-9-13-18)16-17-10-6-4-7-11-17/h4-13,19H,14-16H2,1-3H3/q+1/t19-/m1/s1. The van der Waals surface area contributed by atoms with Crippen LogP contribution in [0.4, 0.5) is 0 Å². The van der Waals surface area contributed by atoms with Crippen molar-refractivity contribution in [3.8, 4) is 0 Å². The van der Waals surface area contributed by atoms with Crippen LogP contribution < -0.4 is 0 Å². The van der Waals surface area contributed by atoms with Gasteiger partial charge in [0, 0.05) is 6.42 Å². The number of hydrogen-bond donors (Lipinski definition) is 0. The van der Waals surface area contributed by atoms with E-state index in [4.69, 9.17) is 4.74 Å². The summed E-state index contributed by atoms with van der Waals surface area (Å²) in [5.74, 6) is 0. The molecule has 21 heavy (non-hydrogen) atoms. The average Bonchev–Trinajstić information content (AvgIpc) is 2.47. The van der Waals surface area contributed by atoms with E-state index in [1.165, 1.54) is 11.1 Å². The monoisotopic (exact) mass is 284 g/mol. The lowest BCUT2D eigenvalue weighted by molar-refractivity contribution is -0.870. The minimum absolute atomic E-state index is 0.125. The van der Waals surface area contributed by atoms with E-state index in [0.717, 1.165) is 24.1 Å². The molecule has 0 saturated heterocycles. The molecule has 2 rings (SSSR count). The van der Waals surface area contributed by atoms with Gasteiger partial charge in [-0.25, -0.2) is 0 Å². The highest BCUT2D eigenvalue weighted by molar-refractivity contribution is 5.22. The lowest BCUT2D eigenvalue weighted by Crippen LogP contribution is -2.37. The molecule has 112 valence electrons. The molecule has 0 aliphatic carbocycles. The fraction of sp³-hybridized carbons (Fsp3) is 0.368. The fourth-order valence-corrected chi connectivity index (χ4v) is 2.24. The largest absolute Gasteiger partial charge is 0.367 e. The van der Waals surface area contributed by atoms with E-state index < -0.39 is 0 Å². The number of nitrogens with zero attached hydrogens (tertiary/aromatic N) is 1. The predicted octanol–water partition coefficient (Wildman–Crippen LogP) is 3.69. The molecule has 0 amide bonds. The first kappa shape index (κ1) is 15.7. The third kappa shape index (κ3) is 5.70. The molecule has 0 spiro atoms. The van der Waals surface area contributed by atoms with Gasteiger partial charge in [0.2, 0.25) is 0 Å². The number of likely N-dealkylation sites (N-methyl/N-ethyl adjacent to an activating group) is 1. The summed E-state index contributed by atoms with van der Waals surface area (Å²) in [7, 11) is 6.58. The molecule has 0 aromatic heterocycles. The van der Waals surface area contributed by atoms with E-state index in [-0.39, 0.29) is 6.10 Å². The van der Waals surface area contributed by atoms with Gasteiger partial charge in [-0.2, -0.15) is 0 Å². The van der Waals surface area contributed by atoms with Gasteiger partial charge in [-0.15, -0.1) is 0 Å². The summed E-state index contributed by atoms with van der Waals surface area (Å²) in [6.07, 6.45) is 1.04. The van der Waals surface area contributed by atoms with E-state index in [0.29, 0.717) is 0 Å². The Labute approximate surface area is 128 Å². The van der Waals surface area contributed by atoms with Crippen LogP contribution in [0.15, 0.2) is 60.7 Å². The molecule has 2 heteroatoms. The van der Waals surface area contributed by atoms with Crippen molar-refractivity contribution >= 4 is 0 Å². The molecular weight excluding hydrogens is 258 g/mol. The zero-order chi connectivity index (χ0) is 15.1. The Balaban J connectivity index is 2.04. The molecule has 0 aliphatic rings. The van der Waals surface area contributed by atoms with Crippen molar-refractivity contribution in [3.05, 3.63) is 71.8 Å². The topological polar surface area (TPSA) is 9.23 Å². The molecule has 0 radical (unpaired) electrons. The van der Waals surface area contributed by atoms with Gasteiger partial charge in [0.05, 0.1) is 33.9 Å². The third-order valence-electron chi connectivity index (χ3n) is 3.52. The van der Waals surface area contributed by atoms with Gasteiger partial charge in [0.25, 0.3) is 0 Å². The van der Waals surface area contributed by atoms with Crippen LogP contribution in [0.25, 0.3) is 0 Å². The van der Waals surface area contributed by atoms with Crippen molar-refractivity contribution in [1.82, 2.24) is 0 Å². The number of ether oxygens (including phenoxy) is 1. The summed E-state index contributed by atoms with van der Waals surface area (Å²) < 4.78 is 7.12. The number of hydrogen-bond acceptors (Lipinski definition) is 1. The highest BCUT2D eigenvalue weighted by Gasteiger charge is 2.15. The van der Waals surface area contributed by atoms with E-state index in [1.807, 2.05) is 0 Å². The van der Waals surface area contributed by atoms with E-state index in [9.17, 15) is 0 Å². The van der Waals surface area contributed by atoms with Gasteiger partial charge in [-0.1, -0.05) is 60.7 Å². The molecule has 0 fully saturated rings. The van der Waals surface area contributed by atoms with Gasteiger partial charge >= 0.3 is 0 Å². The zero-order valence-electron chi connectivity index (χ0n) is 13.3. The minimum Gasteiger partial charge on any atom is -0.367 e. The number of quaternary nitrogens is 1. The Kier molecular flexibility index (Phi) is 5.54. The molecule has 2 nitrogen and oxygen atoms in total. The second-order valence-electron chi connectivity index (χ2n) is 6.47. The van der Waals surface area contributed by atoms with Crippen LogP contribution in [0, 0.1) is 0 Å². The summed E-state index contributed by atoms with van der Waals surface area (Å²) in [6.45, 7) is 1.79. The van der Waals surface area contributed by atoms with E-state index in [2.05, 4.69) is 81.8 Å². The quantitative estimate of drug-likeness (QED) is 0.705. The van der Waals surface area contributed by atoms with Gasteiger partial charge in [0.1, 0.15) is 6.54 Å². The van der Waals surface area contributed by atoms with Crippen molar-refractivity contribution in [3.63, 3.8) is 0 Å². The van der Waals surface area contributed by atoms with Crippen LogP contribution in [-0.2, 0) is 11.2 Å². The van der Waals surface area contributed by atoms with Crippen LogP contribution in [0.1, 0.15) is 17.2 Å². The van der Waals surface area contributed by atoms with Gasteiger partial charge in [-0.05, 0) is 11.1 Å². The molecule has 0 N–H and O–H groups in total. The van der Waals surface area contributed by atoms with Gasteiger partial charge < -0.3 is 9.22 Å². The summed E-state index contributed by atoms with van der Waals surface area (Å²) >= 11 is 0. The molecule has 0 heterocycles. The highest BCUT2D eigenvalue weighted by Crippen LogP contribution is 2.22. The van der Waals surface area contributed by atoms with Crippen LogP contribution >= 0.6 is 0 Å². The van der Waals surface area contributed by atoms with Crippen molar-refractivity contribution in [2.24, 2.45) is 0 Å². The third-order valence-corrected chi connectivity index (χ3v) is 3.52. The Hall–Kier alpha value is -1.64. The average molecular weight is 284 g/mol. The molecule has 0 bridgehead atoms. The van der Waals surface area contributed by atoms with E-state index in [1.54, 1.807) is 0 Å². The van der Waals surface area contributed by atoms with Crippen molar-refractivity contribution < 1.29 is 9.22 Å². The normalized spacial score (nSPS) is 13.1. The van der Waals surface area contributed by atoms with Crippen molar-refractivity contribution in [2.75, 3.05) is 34.3 Å². The Morgan fingerprint density at radius 3 is 2.00 bits per heavy atom. The van der Waals surface area contributed by atoms with E-state index >= 15 is 0 Å². The van der Waals surface area contributed by atoms with Gasteiger partial charge in [-0.3, -0.25) is 0 Å². The summed E-state index contributed by atoms with van der Waals surface area (Å²) in [6, 6.07) is 21.1. The second kappa shape index (κ2) is 7.39. The smallest absolute Gasteiger partial charge is 0.102 e. The van der Waals surface area contributed by atoms with Crippen molar-refractivity contribution in [2.45, 2.75) is 12.5 Å². The molecule has 0 unspecified atom stereocenters. The first-order valence-corrected chi connectivity index (χ1v) is 7.55. The van der Waals surface area contributed by atoms with Crippen LogP contribution in [-0.4, -0.2) is 38.8 Å². The lowest BCUT2D eigenvalue weighted by Gasteiger charge is -2.25. The van der Waals surface area contributed by atoms with Crippen molar-refractivity contribution in [1.29, 1.82) is 0 Å². The van der Waals surface area contributed by atoms with Gasteiger partial charge in [0.15, 0.2) is 0 Å². The predicted molar refractivity (Wildman–Crippen MR) is 88.2 cm³/mol. The van der Waals surface area contributed by atoms with Crippen LogP contribution in [0.2, 0.25) is 0 Å². The molecule has 1 atom stereocenters. The Morgan fingerprint density at radius 1 is 0.857 bits per heavy atom. The SMILES string of the molecule is C[N+](C)(C)CCO[C@H](Cc1ccccc1)c1ccccc1. The van der Waals surface area contributed by atoms with Crippen LogP contribution in [0.5, 0.6) is 0 Å². The summed E-state index contributed by atoms with van der Waals surface area (Å²) in [5, 5.41) is 0. The Bertz CT molecular complexity index is 516. The molecule has 2 aromatic rings. The maximum absolute atomic E-state index is 6.19. The Morgan fingerprint density at radius 2 is 1.43 bits per heavy atom. The first-order valence-electron chi connectivity index (χ1n) is 7.55. The lowest BCUT2D eigenvalue weighted by atomic mass is 10.0. The molecular formula is C19H26NO+. The number of benzene rings is 2.